The molecule has 2 aromatic rings. The highest BCUT2D eigenvalue weighted by atomic mass is 19.1. The number of aromatic nitrogens is 3. The monoisotopic (exact) mass is 264 g/mol. The number of nitrogens with one attached hydrogen (secondary N) is 1. The fraction of sp³-hybridized carbons (Fsp3) is 0.364. The van der Waals surface area contributed by atoms with E-state index in [9.17, 15) is 9.60 Å². The zero-order chi connectivity index (χ0) is 13.4. The number of rotatable bonds is 1. The Kier molecular flexibility index (Phi) is 2.79. The molecule has 0 bridgehead atoms. The van der Waals surface area contributed by atoms with Crippen molar-refractivity contribution < 1.29 is 9.24 Å². The van der Waals surface area contributed by atoms with E-state index < -0.39 is 5.82 Å². The minimum atomic E-state index is -0.452. The van der Waals surface area contributed by atoms with E-state index in [2.05, 4.69) is 15.4 Å². The zero-order valence-electron chi connectivity index (χ0n) is 10.1. The van der Waals surface area contributed by atoms with Crippen LogP contribution in [0.5, 0.6) is 0 Å². The number of hydrogen-bond acceptors (Lipinski definition) is 6. The Balaban J connectivity index is 2.12. The summed E-state index contributed by atoms with van der Waals surface area (Å²) in [7, 11) is 0. The SMILES string of the molecule is Nc1nc2cc(N3CCNCC3)c(F)cc2[n+]([O-])n1. The number of nitrogen functional groups attached to an aromatic ring is 1. The number of nitrogens with two attached hydrogens (primary N) is 1. The summed E-state index contributed by atoms with van der Waals surface area (Å²) in [5, 5.41) is 18.2. The van der Waals surface area contributed by atoms with Gasteiger partial charge in [0, 0.05) is 26.2 Å². The van der Waals surface area contributed by atoms with Gasteiger partial charge >= 0.3 is 0 Å². The van der Waals surface area contributed by atoms with Crippen LogP contribution in [0.4, 0.5) is 16.0 Å². The first kappa shape index (κ1) is 11.8. The number of hydrogen-bond donors (Lipinski definition) is 2. The molecular formula is C11H13FN6O. The molecule has 0 unspecified atom stereocenters. The van der Waals surface area contributed by atoms with Gasteiger partial charge in [-0.1, -0.05) is 0 Å². The van der Waals surface area contributed by atoms with Crippen LogP contribution in [0.1, 0.15) is 0 Å². The Morgan fingerprint density at radius 3 is 2.84 bits per heavy atom. The van der Waals surface area contributed by atoms with Gasteiger partial charge in [0.2, 0.25) is 0 Å². The lowest BCUT2D eigenvalue weighted by atomic mass is 10.2. The highest BCUT2D eigenvalue weighted by Crippen LogP contribution is 2.23. The van der Waals surface area contributed by atoms with Gasteiger partial charge in [-0.2, -0.15) is 0 Å². The summed E-state index contributed by atoms with van der Waals surface area (Å²) in [6.07, 6.45) is 0. The molecule has 3 N–H and O–H groups in total. The molecule has 0 spiro atoms. The van der Waals surface area contributed by atoms with E-state index in [0.717, 1.165) is 19.2 Å². The largest absolute Gasteiger partial charge is 0.594 e. The molecule has 2 heterocycles. The average Bonchev–Trinajstić information content (AvgIpc) is 2.40. The highest BCUT2D eigenvalue weighted by Gasteiger charge is 2.19. The van der Waals surface area contributed by atoms with E-state index in [1.54, 1.807) is 6.07 Å². The molecule has 8 heteroatoms. The second-order valence-corrected chi connectivity index (χ2v) is 4.37. The highest BCUT2D eigenvalue weighted by molar-refractivity contribution is 5.77. The van der Waals surface area contributed by atoms with Gasteiger partial charge in [0.25, 0.3) is 11.5 Å². The van der Waals surface area contributed by atoms with Crippen molar-refractivity contribution in [3.8, 4) is 0 Å². The van der Waals surface area contributed by atoms with Gasteiger partial charge in [-0.25, -0.2) is 9.37 Å². The summed E-state index contributed by atoms with van der Waals surface area (Å²) >= 11 is 0. The zero-order valence-corrected chi connectivity index (χ0v) is 10.1. The molecule has 1 aromatic carbocycles. The van der Waals surface area contributed by atoms with Crippen molar-refractivity contribution in [3.05, 3.63) is 23.2 Å². The summed E-state index contributed by atoms with van der Waals surface area (Å²) in [6, 6.07) is 2.70. The third-order valence-electron chi connectivity index (χ3n) is 3.14. The van der Waals surface area contributed by atoms with E-state index >= 15 is 0 Å². The van der Waals surface area contributed by atoms with E-state index in [4.69, 9.17) is 5.73 Å². The van der Waals surface area contributed by atoms with Gasteiger partial charge in [0.1, 0.15) is 5.52 Å². The molecule has 0 saturated carbocycles. The van der Waals surface area contributed by atoms with Gasteiger partial charge in [-0.3, -0.25) is 0 Å². The fourth-order valence-corrected chi connectivity index (χ4v) is 2.22. The molecule has 7 nitrogen and oxygen atoms in total. The Bertz CT molecular complexity index is 628. The van der Waals surface area contributed by atoms with Gasteiger partial charge in [-0.15, -0.1) is 0 Å². The van der Waals surface area contributed by atoms with Crippen molar-refractivity contribution in [2.24, 2.45) is 0 Å². The maximum Gasteiger partial charge on any atom is 0.288 e. The standard InChI is InChI=1S/C11H13FN6O/c12-7-5-10-8(15-11(13)16-18(10)19)6-9(7)17-3-1-14-2-4-17/h5-6,14H,1-4H2,(H2,13,15,16). The second-order valence-electron chi connectivity index (χ2n) is 4.37. The second kappa shape index (κ2) is 4.47. The van der Waals surface area contributed by atoms with E-state index in [1.807, 2.05) is 4.90 Å². The normalized spacial score (nSPS) is 15.9. The molecular weight excluding hydrogens is 251 g/mol. The predicted molar refractivity (Wildman–Crippen MR) is 68.0 cm³/mol. The van der Waals surface area contributed by atoms with E-state index in [0.29, 0.717) is 29.1 Å². The van der Waals surface area contributed by atoms with Crippen LogP contribution in [-0.4, -0.2) is 36.3 Å². The molecule has 3 rings (SSSR count). The maximum absolute atomic E-state index is 14.1. The van der Waals surface area contributed by atoms with Crippen LogP contribution in [0, 0.1) is 11.0 Å². The summed E-state index contributed by atoms with van der Waals surface area (Å²) in [6.45, 7) is 3.01. The maximum atomic E-state index is 14.1. The smallest absolute Gasteiger partial charge is 0.288 e. The lowest BCUT2D eigenvalue weighted by Gasteiger charge is -2.29. The number of piperazine rings is 1. The number of anilines is 2. The van der Waals surface area contributed by atoms with Crippen molar-refractivity contribution in [2.75, 3.05) is 36.8 Å². The first-order chi connectivity index (χ1) is 9.15. The van der Waals surface area contributed by atoms with Crippen LogP contribution in [-0.2, 0) is 0 Å². The van der Waals surface area contributed by atoms with Crippen LogP contribution in [0.3, 0.4) is 0 Å². The number of benzene rings is 1. The quantitative estimate of drug-likeness (QED) is 0.527. The summed E-state index contributed by atoms with van der Waals surface area (Å²) in [5.41, 5.74) is 6.29. The van der Waals surface area contributed by atoms with Crippen molar-refractivity contribution in [3.63, 3.8) is 0 Å². The van der Waals surface area contributed by atoms with Crippen LogP contribution in [0.25, 0.3) is 11.0 Å². The molecule has 0 atom stereocenters. The van der Waals surface area contributed by atoms with Gasteiger partial charge in [-0.05, 0) is 10.9 Å². The fourth-order valence-electron chi connectivity index (χ4n) is 2.22. The molecule has 100 valence electrons. The number of nitrogens with zero attached hydrogens (tertiary/aromatic N) is 4. The van der Waals surface area contributed by atoms with Crippen molar-refractivity contribution in [1.29, 1.82) is 0 Å². The molecule has 19 heavy (non-hydrogen) atoms. The van der Waals surface area contributed by atoms with Crippen molar-refractivity contribution in [1.82, 2.24) is 15.4 Å². The average molecular weight is 264 g/mol. The van der Waals surface area contributed by atoms with Gasteiger partial charge < -0.3 is 21.2 Å². The molecule has 0 radical (unpaired) electrons. The van der Waals surface area contributed by atoms with E-state index in [-0.39, 0.29) is 11.5 Å². The van der Waals surface area contributed by atoms with Crippen LogP contribution in [0.2, 0.25) is 0 Å². The summed E-state index contributed by atoms with van der Waals surface area (Å²) in [5.74, 6) is -0.576. The Morgan fingerprint density at radius 1 is 1.37 bits per heavy atom. The predicted octanol–water partition coefficient (Wildman–Crippen LogP) is -0.606. The van der Waals surface area contributed by atoms with Gasteiger partial charge in [0.05, 0.1) is 16.9 Å². The van der Waals surface area contributed by atoms with E-state index in [1.165, 1.54) is 0 Å². The summed E-state index contributed by atoms with van der Waals surface area (Å²) in [4.78, 5) is 6.18. The third-order valence-corrected chi connectivity index (χ3v) is 3.14. The van der Waals surface area contributed by atoms with Crippen LogP contribution in [0.15, 0.2) is 12.1 Å². The molecule has 0 amide bonds. The molecule has 1 saturated heterocycles. The van der Waals surface area contributed by atoms with Crippen molar-refractivity contribution in [2.45, 2.75) is 0 Å². The molecule has 1 aromatic heterocycles. The lowest BCUT2D eigenvalue weighted by Crippen LogP contribution is -2.44. The Labute approximate surface area is 108 Å². The molecule has 1 aliphatic heterocycles. The number of halogens is 1. The first-order valence-corrected chi connectivity index (χ1v) is 5.97. The van der Waals surface area contributed by atoms with Gasteiger partial charge in [0.15, 0.2) is 5.82 Å². The lowest BCUT2D eigenvalue weighted by molar-refractivity contribution is -0.641. The number of fused-ring (bicyclic) bond motifs is 1. The minimum Gasteiger partial charge on any atom is -0.594 e. The molecule has 1 aliphatic rings. The molecule has 1 fully saturated rings. The minimum absolute atomic E-state index is 0.0746. The van der Waals surface area contributed by atoms with Crippen molar-refractivity contribution >= 4 is 22.7 Å². The Morgan fingerprint density at radius 2 is 2.11 bits per heavy atom. The Hall–Kier alpha value is -2.22. The van der Waals surface area contributed by atoms with Crippen LogP contribution >= 0.6 is 0 Å². The van der Waals surface area contributed by atoms with Crippen LogP contribution < -0.4 is 20.8 Å². The molecule has 0 aliphatic carbocycles. The first-order valence-electron chi connectivity index (χ1n) is 5.97. The third kappa shape index (κ3) is 2.10. The summed E-state index contributed by atoms with van der Waals surface area (Å²) < 4.78 is 14.1. The topological polar surface area (TPSA) is 94.0 Å².